The topological polar surface area (TPSA) is 96.0 Å². The van der Waals surface area contributed by atoms with Gasteiger partial charge in [0.05, 0.1) is 0 Å². The molecule has 106 valence electrons. The number of rotatable bonds is 7. The average molecular weight is 272 g/mol. The Morgan fingerprint density at radius 1 is 0.895 bits per heavy atom. The highest BCUT2D eigenvalue weighted by atomic mass is 16.6. The lowest BCUT2D eigenvalue weighted by Gasteiger charge is -2.27. The summed E-state index contributed by atoms with van der Waals surface area (Å²) >= 11 is 0. The molecular formula is C12H16O7. The summed E-state index contributed by atoms with van der Waals surface area (Å²) in [5, 5.41) is 0. The Kier molecular flexibility index (Phi) is 7.10. The van der Waals surface area contributed by atoms with Crippen LogP contribution >= 0.6 is 0 Å². The minimum absolute atomic E-state index is 0.287. The van der Waals surface area contributed by atoms with Crippen LogP contribution in [0.1, 0.15) is 20.8 Å². The molecule has 0 spiro atoms. The monoisotopic (exact) mass is 272 g/mol. The standard InChI is InChI=1S/C12H16O7/c1-5-10(17-7(2)14)12(19-9(4)16)11(6-13)18-8(3)15/h5-6,10-12H,1H2,2-4H3/t10-,11+,12+/m1/s1. The van der Waals surface area contributed by atoms with Gasteiger partial charge in [0.15, 0.2) is 24.6 Å². The third kappa shape index (κ3) is 6.35. The van der Waals surface area contributed by atoms with Crippen LogP contribution < -0.4 is 0 Å². The van der Waals surface area contributed by atoms with Gasteiger partial charge in [0.2, 0.25) is 0 Å². The van der Waals surface area contributed by atoms with Crippen LogP contribution in [0.2, 0.25) is 0 Å². The van der Waals surface area contributed by atoms with E-state index < -0.39 is 36.2 Å². The summed E-state index contributed by atoms with van der Waals surface area (Å²) in [7, 11) is 0. The Balaban J connectivity index is 5.17. The lowest BCUT2D eigenvalue weighted by atomic mass is 10.1. The van der Waals surface area contributed by atoms with Gasteiger partial charge < -0.3 is 14.2 Å². The van der Waals surface area contributed by atoms with Crippen molar-refractivity contribution in [3.8, 4) is 0 Å². The molecule has 7 heteroatoms. The fourth-order valence-electron chi connectivity index (χ4n) is 1.32. The molecule has 0 aliphatic rings. The minimum Gasteiger partial charge on any atom is -0.454 e. The normalized spacial score (nSPS) is 14.5. The highest BCUT2D eigenvalue weighted by Gasteiger charge is 2.35. The maximum absolute atomic E-state index is 11.0. The maximum Gasteiger partial charge on any atom is 0.303 e. The molecule has 0 amide bonds. The van der Waals surface area contributed by atoms with E-state index >= 15 is 0 Å². The van der Waals surface area contributed by atoms with Crippen molar-refractivity contribution in [1.29, 1.82) is 0 Å². The van der Waals surface area contributed by atoms with Crippen LogP contribution in [0.15, 0.2) is 12.7 Å². The molecule has 0 aromatic heterocycles. The van der Waals surface area contributed by atoms with Crippen LogP contribution in [0, 0.1) is 0 Å². The van der Waals surface area contributed by atoms with Gasteiger partial charge >= 0.3 is 17.9 Å². The molecule has 0 rings (SSSR count). The molecule has 0 aromatic carbocycles. The summed E-state index contributed by atoms with van der Waals surface area (Å²) in [6.07, 6.45) is -2.30. The zero-order valence-electron chi connectivity index (χ0n) is 11.0. The van der Waals surface area contributed by atoms with Gasteiger partial charge in [-0.15, -0.1) is 0 Å². The fraction of sp³-hybridized carbons (Fsp3) is 0.500. The molecule has 19 heavy (non-hydrogen) atoms. The van der Waals surface area contributed by atoms with Gasteiger partial charge in [-0.25, -0.2) is 0 Å². The summed E-state index contributed by atoms with van der Waals surface area (Å²) < 4.78 is 14.4. The molecule has 0 N–H and O–H groups in total. The number of ether oxygens (including phenoxy) is 3. The zero-order valence-corrected chi connectivity index (χ0v) is 11.0. The van der Waals surface area contributed by atoms with Crippen molar-refractivity contribution in [3.05, 3.63) is 12.7 Å². The number of hydrogen-bond donors (Lipinski definition) is 0. The number of carbonyl (C=O) groups excluding carboxylic acids is 4. The number of aldehydes is 1. The highest BCUT2D eigenvalue weighted by Crippen LogP contribution is 2.13. The second-order valence-electron chi connectivity index (χ2n) is 3.59. The van der Waals surface area contributed by atoms with Crippen LogP contribution in [0.4, 0.5) is 0 Å². The van der Waals surface area contributed by atoms with Gasteiger partial charge in [-0.1, -0.05) is 6.58 Å². The average Bonchev–Trinajstić information content (AvgIpc) is 2.29. The van der Waals surface area contributed by atoms with E-state index in [1.807, 2.05) is 0 Å². The summed E-state index contributed by atoms with van der Waals surface area (Å²) in [5.41, 5.74) is 0. The summed E-state index contributed by atoms with van der Waals surface area (Å²) in [4.78, 5) is 43.8. The van der Waals surface area contributed by atoms with Crippen molar-refractivity contribution in [3.63, 3.8) is 0 Å². The molecule has 0 bridgehead atoms. The van der Waals surface area contributed by atoms with E-state index in [0.29, 0.717) is 0 Å². The van der Waals surface area contributed by atoms with Crippen LogP contribution in [-0.4, -0.2) is 42.5 Å². The van der Waals surface area contributed by atoms with Gasteiger partial charge in [-0.05, 0) is 6.08 Å². The van der Waals surface area contributed by atoms with Crippen LogP contribution in [0.5, 0.6) is 0 Å². The lowest BCUT2D eigenvalue weighted by molar-refractivity contribution is -0.178. The van der Waals surface area contributed by atoms with E-state index in [-0.39, 0.29) is 6.29 Å². The fourth-order valence-corrected chi connectivity index (χ4v) is 1.32. The van der Waals surface area contributed by atoms with Crippen molar-refractivity contribution < 1.29 is 33.4 Å². The molecule has 0 aliphatic carbocycles. The van der Waals surface area contributed by atoms with Gasteiger partial charge in [0.25, 0.3) is 0 Å². The van der Waals surface area contributed by atoms with Gasteiger partial charge in [-0.3, -0.25) is 19.2 Å². The molecule has 0 unspecified atom stereocenters. The van der Waals surface area contributed by atoms with E-state index in [9.17, 15) is 19.2 Å². The highest BCUT2D eigenvalue weighted by molar-refractivity contribution is 5.72. The lowest BCUT2D eigenvalue weighted by Crippen LogP contribution is -2.45. The van der Waals surface area contributed by atoms with Crippen molar-refractivity contribution in [2.45, 2.75) is 39.1 Å². The molecule has 0 heterocycles. The Bertz CT molecular complexity index is 346. The van der Waals surface area contributed by atoms with E-state index in [0.717, 1.165) is 20.8 Å². The molecule has 0 aromatic rings. The summed E-state index contributed by atoms with van der Waals surface area (Å²) in [6, 6.07) is 0. The zero-order chi connectivity index (χ0) is 15.0. The van der Waals surface area contributed by atoms with Crippen molar-refractivity contribution >= 4 is 24.2 Å². The van der Waals surface area contributed by atoms with Crippen LogP contribution in [0.25, 0.3) is 0 Å². The van der Waals surface area contributed by atoms with Gasteiger partial charge in [0, 0.05) is 20.8 Å². The largest absolute Gasteiger partial charge is 0.454 e. The van der Waals surface area contributed by atoms with E-state index in [2.05, 4.69) is 6.58 Å². The first-order chi connectivity index (χ1) is 8.81. The molecule has 7 nitrogen and oxygen atoms in total. The quantitative estimate of drug-likeness (QED) is 0.282. The Labute approximate surface area is 110 Å². The second kappa shape index (κ2) is 8.02. The third-order valence-electron chi connectivity index (χ3n) is 1.92. The van der Waals surface area contributed by atoms with E-state index in [1.54, 1.807) is 0 Å². The Morgan fingerprint density at radius 2 is 1.32 bits per heavy atom. The van der Waals surface area contributed by atoms with Gasteiger partial charge in [0.1, 0.15) is 0 Å². The third-order valence-corrected chi connectivity index (χ3v) is 1.92. The molecule has 0 saturated heterocycles. The Morgan fingerprint density at radius 3 is 1.63 bits per heavy atom. The smallest absolute Gasteiger partial charge is 0.303 e. The first-order valence-corrected chi connectivity index (χ1v) is 5.41. The molecule has 0 radical (unpaired) electrons. The van der Waals surface area contributed by atoms with Crippen molar-refractivity contribution in [2.24, 2.45) is 0 Å². The van der Waals surface area contributed by atoms with E-state index in [4.69, 9.17) is 14.2 Å². The van der Waals surface area contributed by atoms with Gasteiger partial charge in [-0.2, -0.15) is 0 Å². The molecule has 0 saturated carbocycles. The predicted molar refractivity (Wildman–Crippen MR) is 62.9 cm³/mol. The molecule has 3 atom stereocenters. The SMILES string of the molecule is C=C[C@@H](OC(C)=O)[C@H](OC(C)=O)[C@H](C=O)OC(C)=O. The molecule has 0 fully saturated rings. The Hall–Kier alpha value is -2.18. The molecular weight excluding hydrogens is 256 g/mol. The number of hydrogen-bond acceptors (Lipinski definition) is 7. The first-order valence-electron chi connectivity index (χ1n) is 5.41. The van der Waals surface area contributed by atoms with Crippen molar-refractivity contribution in [2.75, 3.05) is 0 Å². The number of esters is 3. The van der Waals surface area contributed by atoms with Crippen LogP contribution in [0.3, 0.4) is 0 Å². The first kappa shape index (κ1) is 16.8. The predicted octanol–water partition coefficient (Wildman–Crippen LogP) is 0.166. The van der Waals surface area contributed by atoms with Crippen molar-refractivity contribution in [1.82, 2.24) is 0 Å². The minimum atomic E-state index is -1.39. The summed E-state index contributed by atoms with van der Waals surface area (Å²) in [6.45, 7) is 6.76. The van der Waals surface area contributed by atoms with Crippen LogP contribution in [-0.2, 0) is 33.4 Å². The number of carbonyl (C=O) groups is 4. The second-order valence-corrected chi connectivity index (χ2v) is 3.59. The van der Waals surface area contributed by atoms with E-state index in [1.165, 1.54) is 6.08 Å². The summed E-state index contributed by atoms with van der Waals surface area (Å²) in [5.74, 6) is -2.11. The molecule has 0 aliphatic heterocycles. The maximum atomic E-state index is 11.0.